The van der Waals surface area contributed by atoms with Crippen molar-refractivity contribution in [1.82, 2.24) is 0 Å². The number of methoxy groups -OCH3 is 1. The summed E-state index contributed by atoms with van der Waals surface area (Å²) < 4.78 is 9.99. The lowest BCUT2D eigenvalue weighted by Gasteiger charge is -2.04. The SMILES string of the molecule is COCCOCCSC[C@H](N)C(=O)[OH2+]. The summed E-state index contributed by atoms with van der Waals surface area (Å²) in [5.74, 6) is 0.554. The Morgan fingerprint density at radius 2 is 2.21 bits per heavy atom. The van der Waals surface area contributed by atoms with Crippen LogP contribution in [0.5, 0.6) is 0 Å². The molecule has 0 aromatic carbocycles. The van der Waals surface area contributed by atoms with Crippen molar-refractivity contribution in [3.05, 3.63) is 0 Å². The summed E-state index contributed by atoms with van der Waals surface area (Å²) in [4.78, 5) is 10.4. The fourth-order valence-corrected chi connectivity index (χ4v) is 1.46. The smallest absolute Gasteiger partial charge is 0.533 e. The van der Waals surface area contributed by atoms with Gasteiger partial charge in [-0.1, -0.05) is 0 Å². The van der Waals surface area contributed by atoms with E-state index in [0.717, 1.165) is 5.75 Å². The highest BCUT2D eigenvalue weighted by molar-refractivity contribution is 7.99. The van der Waals surface area contributed by atoms with Crippen molar-refractivity contribution >= 4 is 17.7 Å². The maximum Gasteiger partial charge on any atom is 0.533 e. The highest BCUT2D eigenvalue weighted by Crippen LogP contribution is 2.01. The van der Waals surface area contributed by atoms with Gasteiger partial charge in [-0.05, 0) is 0 Å². The van der Waals surface area contributed by atoms with Gasteiger partial charge in [0.1, 0.15) is 0 Å². The van der Waals surface area contributed by atoms with Gasteiger partial charge in [0.2, 0.25) is 0 Å². The highest BCUT2D eigenvalue weighted by atomic mass is 32.2. The summed E-state index contributed by atoms with van der Waals surface area (Å²) in [6, 6.07) is -0.668. The molecular formula is C8H18NO4S+. The summed E-state index contributed by atoms with van der Waals surface area (Å²) in [6.45, 7) is 1.79. The molecule has 0 radical (unpaired) electrons. The van der Waals surface area contributed by atoms with Crippen LogP contribution in [0.4, 0.5) is 0 Å². The van der Waals surface area contributed by atoms with Crippen LogP contribution >= 0.6 is 11.8 Å². The molecule has 0 fully saturated rings. The van der Waals surface area contributed by atoms with E-state index in [0.29, 0.717) is 25.6 Å². The molecule has 0 unspecified atom stereocenters. The quantitative estimate of drug-likeness (QED) is 0.399. The second kappa shape index (κ2) is 9.26. The van der Waals surface area contributed by atoms with E-state index in [9.17, 15) is 4.79 Å². The monoisotopic (exact) mass is 224 g/mol. The summed E-state index contributed by atoms with van der Waals surface area (Å²) >= 11 is 1.52. The first-order valence-corrected chi connectivity index (χ1v) is 5.49. The van der Waals surface area contributed by atoms with Crippen LogP contribution < -0.4 is 5.73 Å². The van der Waals surface area contributed by atoms with E-state index in [1.807, 2.05) is 0 Å². The molecule has 0 bridgehead atoms. The summed E-state index contributed by atoms with van der Waals surface area (Å²) in [5, 5.41) is 6.73. The number of hydrogen-bond acceptors (Lipinski definition) is 5. The minimum Gasteiger partial charge on any atom is -0.564 e. The minimum atomic E-state index is -0.710. The molecule has 0 aromatic heterocycles. The van der Waals surface area contributed by atoms with Crippen LogP contribution in [0.2, 0.25) is 0 Å². The summed E-state index contributed by atoms with van der Waals surface area (Å²) in [6.07, 6.45) is 0. The Morgan fingerprint density at radius 1 is 1.50 bits per heavy atom. The lowest BCUT2D eigenvalue weighted by molar-refractivity contribution is -0.137. The van der Waals surface area contributed by atoms with Crippen LogP contribution in [0.3, 0.4) is 0 Å². The third-order valence-electron chi connectivity index (χ3n) is 1.44. The first-order valence-electron chi connectivity index (χ1n) is 4.34. The van der Waals surface area contributed by atoms with Gasteiger partial charge < -0.3 is 20.3 Å². The predicted octanol–water partition coefficient (Wildman–Crippen LogP) is -1.04. The molecule has 0 heterocycles. The van der Waals surface area contributed by atoms with Gasteiger partial charge in [0, 0.05) is 23.4 Å². The van der Waals surface area contributed by atoms with E-state index in [1.165, 1.54) is 11.8 Å². The molecule has 1 atom stereocenters. The topological polar surface area (TPSA) is 84.5 Å². The third kappa shape index (κ3) is 8.31. The van der Waals surface area contributed by atoms with Crippen molar-refractivity contribution in [2.75, 3.05) is 38.4 Å². The molecule has 4 N–H and O–H groups in total. The zero-order chi connectivity index (χ0) is 10.8. The van der Waals surface area contributed by atoms with Crippen molar-refractivity contribution in [2.45, 2.75) is 6.04 Å². The number of nitrogens with two attached hydrogens (primary N) is 1. The van der Waals surface area contributed by atoms with Crippen LogP contribution in [0.15, 0.2) is 0 Å². The predicted molar refractivity (Wildman–Crippen MR) is 56.6 cm³/mol. The van der Waals surface area contributed by atoms with Gasteiger partial charge in [0.25, 0.3) is 0 Å². The third-order valence-corrected chi connectivity index (χ3v) is 2.49. The second-order valence-electron chi connectivity index (χ2n) is 2.65. The van der Waals surface area contributed by atoms with Crippen molar-refractivity contribution in [1.29, 1.82) is 0 Å². The van der Waals surface area contributed by atoms with Crippen molar-refractivity contribution in [3.8, 4) is 0 Å². The molecule has 0 rings (SSSR count). The summed E-state index contributed by atoms with van der Waals surface area (Å²) in [5.41, 5.74) is 5.36. The van der Waals surface area contributed by atoms with Crippen molar-refractivity contribution in [3.63, 3.8) is 0 Å². The molecule has 0 amide bonds. The Morgan fingerprint density at radius 3 is 2.79 bits per heavy atom. The molecule has 6 heteroatoms. The lowest BCUT2D eigenvalue weighted by Crippen LogP contribution is -2.32. The number of ether oxygens (including phenoxy) is 2. The number of carbonyl (C=O) groups excluding carboxylic acids is 1. The Hall–Kier alpha value is -0.300. The first kappa shape index (κ1) is 13.7. The largest absolute Gasteiger partial charge is 0.564 e. The molecule has 84 valence electrons. The maximum absolute atomic E-state index is 10.4. The Labute approximate surface area is 87.9 Å². The lowest BCUT2D eigenvalue weighted by atomic mass is 10.4. The molecule has 0 aliphatic heterocycles. The number of rotatable bonds is 9. The van der Waals surface area contributed by atoms with Crippen LogP contribution in [-0.4, -0.2) is 55.6 Å². The van der Waals surface area contributed by atoms with Gasteiger partial charge in [-0.3, -0.25) is 0 Å². The Kier molecular flexibility index (Phi) is 9.06. The van der Waals surface area contributed by atoms with Crippen LogP contribution in [-0.2, 0) is 14.3 Å². The van der Waals surface area contributed by atoms with Gasteiger partial charge in [-0.25, -0.2) is 0 Å². The van der Waals surface area contributed by atoms with Gasteiger partial charge >= 0.3 is 5.97 Å². The standard InChI is InChI=1S/C8H17NO4S/c1-12-2-3-13-4-5-14-6-7(9)8(10)11/h7H,2-6,9H2,1H3,(H,10,11)/p+1/t7-/m0/s1. The zero-order valence-electron chi connectivity index (χ0n) is 8.32. The van der Waals surface area contributed by atoms with E-state index in [1.54, 1.807) is 7.11 Å². The van der Waals surface area contributed by atoms with Crippen LogP contribution in [0.1, 0.15) is 0 Å². The minimum absolute atomic E-state index is 0.482. The fourth-order valence-electron chi connectivity index (χ4n) is 0.648. The number of hydrogen-bond donors (Lipinski definition) is 1. The second-order valence-corrected chi connectivity index (χ2v) is 3.80. The van der Waals surface area contributed by atoms with E-state index in [4.69, 9.17) is 20.3 Å². The van der Waals surface area contributed by atoms with Crippen LogP contribution in [0.25, 0.3) is 0 Å². The first-order chi connectivity index (χ1) is 6.68. The van der Waals surface area contributed by atoms with Gasteiger partial charge in [0.15, 0.2) is 6.04 Å². The van der Waals surface area contributed by atoms with Gasteiger partial charge in [0.05, 0.1) is 19.8 Å². The van der Waals surface area contributed by atoms with Gasteiger partial charge in [-0.2, -0.15) is 11.8 Å². The Bertz CT molecular complexity index is 156. The molecule has 0 spiro atoms. The fraction of sp³-hybridized carbons (Fsp3) is 0.875. The average Bonchev–Trinajstić information content (AvgIpc) is 2.16. The van der Waals surface area contributed by atoms with Crippen LogP contribution in [0, 0.1) is 0 Å². The van der Waals surface area contributed by atoms with E-state index in [-0.39, 0.29) is 0 Å². The molecule has 5 nitrogen and oxygen atoms in total. The molecule has 14 heavy (non-hydrogen) atoms. The number of thioether (sulfide) groups is 1. The molecule has 0 aliphatic rings. The molecule has 0 aromatic rings. The molecule has 0 aliphatic carbocycles. The average molecular weight is 224 g/mol. The maximum atomic E-state index is 10.4. The Balaban J connectivity index is 3.09. The number of carbonyl (C=O) groups is 1. The highest BCUT2D eigenvalue weighted by Gasteiger charge is 2.18. The molecule has 0 saturated carbocycles. The molecule has 0 saturated heterocycles. The normalized spacial score (nSPS) is 12.7. The van der Waals surface area contributed by atoms with E-state index in [2.05, 4.69) is 0 Å². The van der Waals surface area contributed by atoms with Crippen molar-refractivity contribution in [2.24, 2.45) is 5.73 Å². The van der Waals surface area contributed by atoms with E-state index >= 15 is 0 Å². The summed E-state index contributed by atoms with van der Waals surface area (Å²) in [7, 11) is 1.62. The van der Waals surface area contributed by atoms with Gasteiger partial charge in [-0.15, -0.1) is 0 Å². The van der Waals surface area contributed by atoms with E-state index < -0.39 is 12.0 Å². The molecular weight excluding hydrogens is 206 g/mol. The van der Waals surface area contributed by atoms with Crippen molar-refractivity contribution < 1.29 is 19.4 Å². The zero-order valence-corrected chi connectivity index (χ0v) is 9.14.